The Hall–Kier alpha value is -6.84. The van der Waals surface area contributed by atoms with Crippen LogP contribution in [0.2, 0.25) is 5.02 Å². The van der Waals surface area contributed by atoms with Crippen LogP contribution in [-0.4, -0.2) is 66.8 Å². The van der Waals surface area contributed by atoms with Crippen LogP contribution in [0.4, 0.5) is 28.6 Å². The first-order valence-corrected chi connectivity index (χ1v) is 22.8. The summed E-state index contributed by atoms with van der Waals surface area (Å²) in [5.41, 5.74) is 3.73. The molecular weight excluding hydrogens is 878 g/mol. The van der Waals surface area contributed by atoms with Gasteiger partial charge in [-0.3, -0.25) is 28.8 Å². The number of aryl methyl sites for hydroxylation is 2. The lowest BCUT2D eigenvalue weighted by atomic mass is 9.51. The molecule has 336 valence electrons. The summed E-state index contributed by atoms with van der Waals surface area (Å²) in [7, 11) is 8.55. The molecule has 0 spiro atoms. The number of aromatic hydroxyl groups is 1. The molecule has 14 nitrogen and oxygen atoms in total. The number of amides is 4. The van der Waals surface area contributed by atoms with Gasteiger partial charge in [0.25, 0.3) is 0 Å². The van der Waals surface area contributed by atoms with Crippen LogP contribution < -0.4 is 24.2 Å². The normalized spacial score (nSPS) is 23.7. The number of methoxy groups -OCH3 is 2. The molecule has 0 radical (unpaired) electrons. The highest BCUT2D eigenvalue weighted by atomic mass is 35.5. The number of hydrogen-bond acceptors (Lipinski definition) is 12. The Bertz CT molecular complexity index is 3090. The molecule has 4 amide bonds. The quantitative estimate of drug-likeness (QED) is 0.0846. The molecule has 10 rings (SSSR count). The third-order valence-electron chi connectivity index (χ3n) is 14.1. The van der Waals surface area contributed by atoms with Gasteiger partial charge < -0.3 is 19.5 Å². The second kappa shape index (κ2) is 15.9. The Morgan fingerprint density at radius 2 is 1.56 bits per heavy atom. The summed E-state index contributed by atoms with van der Waals surface area (Å²) in [4.78, 5) is 65.1. The Balaban J connectivity index is 1.02. The van der Waals surface area contributed by atoms with Gasteiger partial charge in [-0.15, -0.1) is 11.3 Å². The average molecular weight is 924 g/mol. The minimum atomic E-state index is -1.47. The molecule has 16 heteroatoms. The van der Waals surface area contributed by atoms with Crippen molar-refractivity contribution in [2.24, 2.45) is 46.4 Å². The molecule has 4 aromatic carbocycles. The molecular formula is C50H46ClN7O7S. The van der Waals surface area contributed by atoms with Gasteiger partial charge in [-0.1, -0.05) is 23.3 Å². The summed E-state index contributed by atoms with van der Waals surface area (Å²) in [6, 6.07) is 25.0. The number of benzene rings is 4. The van der Waals surface area contributed by atoms with Crippen LogP contribution >= 0.6 is 22.9 Å². The van der Waals surface area contributed by atoms with E-state index < -0.39 is 52.7 Å². The third-order valence-corrected chi connectivity index (χ3v) is 15.6. The summed E-state index contributed by atoms with van der Waals surface area (Å²) < 4.78 is 14.0. The van der Waals surface area contributed by atoms with E-state index in [9.17, 15) is 14.7 Å². The van der Waals surface area contributed by atoms with Crippen molar-refractivity contribution in [3.63, 3.8) is 0 Å². The van der Waals surface area contributed by atoms with Gasteiger partial charge in [0.15, 0.2) is 0 Å². The van der Waals surface area contributed by atoms with Crippen molar-refractivity contribution in [1.82, 2.24) is 9.78 Å². The van der Waals surface area contributed by atoms with E-state index in [0.717, 1.165) is 26.2 Å². The molecule has 0 unspecified atom stereocenters. The highest BCUT2D eigenvalue weighted by Crippen LogP contribution is 2.66. The number of fused-ring (bicyclic) bond motifs is 5. The van der Waals surface area contributed by atoms with Crippen molar-refractivity contribution in [1.29, 1.82) is 0 Å². The first-order chi connectivity index (χ1) is 31.6. The van der Waals surface area contributed by atoms with Gasteiger partial charge in [-0.05, 0) is 110 Å². The fraction of sp³-hybridized carbons (Fsp3) is 0.300. The van der Waals surface area contributed by atoms with E-state index in [1.54, 1.807) is 61.7 Å². The van der Waals surface area contributed by atoms with E-state index in [2.05, 4.69) is 10.2 Å². The van der Waals surface area contributed by atoms with Crippen LogP contribution in [0, 0.1) is 36.0 Å². The van der Waals surface area contributed by atoms with E-state index in [0.29, 0.717) is 44.7 Å². The fourth-order valence-corrected chi connectivity index (χ4v) is 12.1. The minimum absolute atomic E-state index is 0.114. The SMILES string of the molecule is COc1cc(O)c([C@H]2C3=CC[C@@H]4C(=O)N(c5ccc(N=Nc6ccc(N(C)C)cc6)cc5)C(=O)[C@@H]4[C@@H]3C[C@H]3C(=O)N(c4cc(-c5sc6ccc(Cl)cc6c5C)nn4C)C(=O)[C@@]23C)c(OC)c1. The number of phenols is 1. The predicted octanol–water partition coefficient (Wildman–Crippen LogP) is 9.90. The van der Waals surface area contributed by atoms with E-state index >= 15 is 9.59 Å². The van der Waals surface area contributed by atoms with Crippen molar-refractivity contribution in [3.05, 3.63) is 113 Å². The van der Waals surface area contributed by atoms with E-state index in [-0.39, 0.29) is 36.1 Å². The van der Waals surface area contributed by atoms with Gasteiger partial charge >= 0.3 is 0 Å². The maximum atomic E-state index is 15.4. The second-order valence-corrected chi connectivity index (χ2v) is 19.3. The number of rotatable bonds is 9. The lowest BCUT2D eigenvalue weighted by Gasteiger charge is -2.49. The molecule has 2 aliphatic carbocycles. The number of allylic oxidation sites excluding steroid dienone is 2. The zero-order valence-corrected chi connectivity index (χ0v) is 38.8. The van der Waals surface area contributed by atoms with E-state index in [4.69, 9.17) is 26.2 Å². The molecule has 2 aliphatic heterocycles. The van der Waals surface area contributed by atoms with Crippen LogP contribution in [0.5, 0.6) is 17.2 Å². The number of nitrogens with zero attached hydrogens (tertiary/aromatic N) is 7. The number of azo groups is 1. The second-order valence-electron chi connectivity index (χ2n) is 17.8. The number of ether oxygens (including phenoxy) is 2. The molecule has 6 atom stereocenters. The lowest BCUT2D eigenvalue weighted by Crippen LogP contribution is -2.49. The topological polar surface area (TPSA) is 159 Å². The fourth-order valence-electron chi connectivity index (χ4n) is 10.8. The highest BCUT2D eigenvalue weighted by molar-refractivity contribution is 7.22. The Kier molecular flexibility index (Phi) is 10.4. The summed E-state index contributed by atoms with van der Waals surface area (Å²) in [5.74, 6) is -5.10. The van der Waals surface area contributed by atoms with Crippen LogP contribution in [0.25, 0.3) is 20.7 Å². The Labute approximate surface area is 389 Å². The van der Waals surface area contributed by atoms with Crippen LogP contribution in [0.15, 0.2) is 107 Å². The van der Waals surface area contributed by atoms with Crippen LogP contribution in [0.1, 0.15) is 36.8 Å². The monoisotopic (exact) mass is 923 g/mol. The average Bonchev–Trinajstić information content (AvgIpc) is 3.98. The molecule has 3 fully saturated rings. The molecule has 2 saturated heterocycles. The first-order valence-electron chi connectivity index (χ1n) is 21.6. The molecule has 2 aromatic heterocycles. The van der Waals surface area contributed by atoms with Crippen molar-refractivity contribution in [2.45, 2.75) is 32.6 Å². The number of carbonyl (C=O) groups excluding carboxylic acids is 4. The van der Waals surface area contributed by atoms with E-state index in [1.807, 2.05) is 74.5 Å². The van der Waals surface area contributed by atoms with Crippen LogP contribution in [-0.2, 0) is 26.2 Å². The minimum Gasteiger partial charge on any atom is -0.507 e. The Morgan fingerprint density at radius 3 is 2.23 bits per heavy atom. The first kappa shape index (κ1) is 43.1. The molecule has 6 aromatic rings. The number of aromatic nitrogens is 2. The third kappa shape index (κ3) is 6.53. The van der Waals surface area contributed by atoms with Crippen molar-refractivity contribution in [3.8, 4) is 27.8 Å². The maximum absolute atomic E-state index is 15.4. The number of hydrogen-bond donors (Lipinski definition) is 1. The number of phenolic OH excluding ortho intramolecular Hbond substituents is 1. The molecule has 4 heterocycles. The highest BCUT2D eigenvalue weighted by Gasteiger charge is 2.68. The summed E-state index contributed by atoms with van der Waals surface area (Å²) in [6.45, 7) is 3.76. The summed E-state index contributed by atoms with van der Waals surface area (Å²) in [6.07, 6.45) is 2.26. The molecule has 66 heavy (non-hydrogen) atoms. The number of thiophene rings is 1. The molecule has 0 bridgehead atoms. The lowest BCUT2D eigenvalue weighted by molar-refractivity contribution is -0.131. The maximum Gasteiger partial charge on any atom is 0.242 e. The predicted molar refractivity (Wildman–Crippen MR) is 253 cm³/mol. The number of carbonyl (C=O) groups is 4. The van der Waals surface area contributed by atoms with Gasteiger partial charge in [-0.25, -0.2) is 4.90 Å². The smallest absolute Gasteiger partial charge is 0.242 e. The van der Waals surface area contributed by atoms with Crippen LogP contribution in [0.3, 0.4) is 0 Å². The zero-order valence-electron chi connectivity index (χ0n) is 37.3. The zero-order chi connectivity index (χ0) is 46.5. The van der Waals surface area contributed by atoms with Gasteiger partial charge in [0.1, 0.15) is 28.8 Å². The molecule has 1 saturated carbocycles. The van der Waals surface area contributed by atoms with Gasteiger partial charge in [-0.2, -0.15) is 15.3 Å². The molecule has 1 N–H and O–H groups in total. The standard InChI is InChI=1S/C50H46ClN7O7S/c1-25-34-20-26(51)8-19-40(34)66-45(25)37-24-41(56(5)54-37)58-47(61)36-23-35-32(44(50(36,2)49(58)63)43-38(59)21-31(64-6)22-39(43)65-7)17-18-33-42(35)48(62)57(46(33)60)30-15-11-28(12-16-30)53-52-27-9-13-29(14-10-27)55(3)4/h8-17,19-22,24,33,35-36,42,44,59H,18,23H2,1-7H3/t33-,35+,36-,42-,44+,50+/m0/s1. The molecule has 4 aliphatic rings. The van der Waals surface area contributed by atoms with Gasteiger partial charge in [0.05, 0.1) is 59.3 Å². The van der Waals surface area contributed by atoms with Gasteiger partial charge in [0.2, 0.25) is 23.6 Å². The number of halogens is 1. The van der Waals surface area contributed by atoms with Gasteiger partial charge in [0, 0.05) is 66.2 Å². The largest absolute Gasteiger partial charge is 0.507 e. The van der Waals surface area contributed by atoms with Crippen molar-refractivity contribution < 1.29 is 33.8 Å². The van der Waals surface area contributed by atoms with E-state index in [1.165, 1.54) is 34.8 Å². The van der Waals surface area contributed by atoms with Crippen molar-refractivity contribution in [2.75, 3.05) is 43.0 Å². The summed E-state index contributed by atoms with van der Waals surface area (Å²) in [5, 5.41) is 27.0. The number of anilines is 3. The summed E-state index contributed by atoms with van der Waals surface area (Å²) >= 11 is 7.90. The Morgan fingerprint density at radius 1 is 0.864 bits per heavy atom. The number of imide groups is 2. The van der Waals surface area contributed by atoms with Crippen molar-refractivity contribution >= 4 is 85.2 Å².